The van der Waals surface area contributed by atoms with E-state index in [1.54, 1.807) is 0 Å². The molecular formula is C14H9ClF4O. The zero-order valence-electron chi connectivity index (χ0n) is 9.99. The topological polar surface area (TPSA) is 9.23 Å². The van der Waals surface area contributed by atoms with E-state index in [4.69, 9.17) is 11.6 Å². The lowest BCUT2D eigenvalue weighted by atomic mass is 10.0. The molecule has 0 amide bonds. The molecule has 2 rings (SSSR count). The molecule has 1 unspecified atom stereocenters. The fraction of sp³-hybridized carbons (Fsp3) is 0.143. The molecule has 0 radical (unpaired) electrons. The molecule has 0 spiro atoms. The summed E-state index contributed by atoms with van der Waals surface area (Å²) in [6.45, 7) is -2.91. The smallest absolute Gasteiger partial charge is 0.387 e. The van der Waals surface area contributed by atoms with Gasteiger partial charge in [-0.25, -0.2) is 8.78 Å². The van der Waals surface area contributed by atoms with Crippen LogP contribution in [0, 0.1) is 11.6 Å². The highest BCUT2D eigenvalue weighted by Gasteiger charge is 2.16. The monoisotopic (exact) mass is 304 g/mol. The Kier molecular flexibility index (Phi) is 4.49. The summed E-state index contributed by atoms with van der Waals surface area (Å²) in [5.74, 6) is -1.49. The molecule has 0 aliphatic heterocycles. The first-order chi connectivity index (χ1) is 9.47. The molecule has 0 heterocycles. The number of hydrogen-bond acceptors (Lipinski definition) is 1. The molecule has 0 bridgehead atoms. The molecule has 0 aromatic heterocycles. The van der Waals surface area contributed by atoms with Crippen LogP contribution in [-0.2, 0) is 0 Å². The third-order valence-electron chi connectivity index (χ3n) is 2.63. The van der Waals surface area contributed by atoms with Gasteiger partial charge in [0.05, 0.1) is 5.38 Å². The van der Waals surface area contributed by atoms with Crippen molar-refractivity contribution in [3.8, 4) is 5.75 Å². The van der Waals surface area contributed by atoms with Crippen molar-refractivity contribution >= 4 is 11.6 Å². The van der Waals surface area contributed by atoms with Gasteiger partial charge >= 0.3 is 6.61 Å². The van der Waals surface area contributed by atoms with Gasteiger partial charge in [0.15, 0.2) is 0 Å². The lowest BCUT2D eigenvalue weighted by molar-refractivity contribution is -0.0498. The average molecular weight is 305 g/mol. The highest BCUT2D eigenvalue weighted by molar-refractivity contribution is 6.22. The van der Waals surface area contributed by atoms with Gasteiger partial charge in [-0.3, -0.25) is 0 Å². The van der Waals surface area contributed by atoms with Crippen LogP contribution >= 0.6 is 11.6 Å². The molecule has 20 heavy (non-hydrogen) atoms. The molecule has 2 aromatic rings. The Bertz CT molecular complexity index is 586. The predicted octanol–water partition coefficient (Wildman–Crippen LogP) is 4.89. The van der Waals surface area contributed by atoms with Gasteiger partial charge < -0.3 is 4.74 Å². The summed E-state index contributed by atoms with van der Waals surface area (Å²) < 4.78 is 54.6. The Morgan fingerprint density at radius 2 is 1.60 bits per heavy atom. The summed E-state index contributed by atoms with van der Waals surface area (Å²) in [5.41, 5.74) is 0.592. The molecule has 0 aliphatic rings. The van der Waals surface area contributed by atoms with E-state index >= 15 is 0 Å². The standard InChI is InChI=1S/C14H9ClF4O/c15-13(11-6-3-9(16)7-12(11)17)8-1-4-10(5-2-8)20-14(18)19/h1-7,13-14H. The zero-order valence-corrected chi connectivity index (χ0v) is 10.8. The van der Waals surface area contributed by atoms with Gasteiger partial charge in [-0.05, 0) is 23.8 Å². The third kappa shape index (κ3) is 3.42. The number of rotatable bonds is 4. The first-order valence-electron chi connectivity index (χ1n) is 5.61. The van der Waals surface area contributed by atoms with Crippen molar-refractivity contribution in [1.82, 2.24) is 0 Å². The van der Waals surface area contributed by atoms with Gasteiger partial charge in [-0.2, -0.15) is 8.78 Å². The predicted molar refractivity (Wildman–Crippen MR) is 67.1 cm³/mol. The number of benzene rings is 2. The maximum absolute atomic E-state index is 13.6. The Morgan fingerprint density at radius 1 is 0.950 bits per heavy atom. The highest BCUT2D eigenvalue weighted by atomic mass is 35.5. The number of ether oxygens (including phenoxy) is 1. The maximum Gasteiger partial charge on any atom is 0.387 e. The lowest BCUT2D eigenvalue weighted by Gasteiger charge is -2.12. The molecule has 0 saturated carbocycles. The van der Waals surface area contributed by atoms with Gasteiger partial charge in [0.25, 0.3) is 0 Å². The van der Waals surface area contributed by atoms with Gasteiger partial charge in [0, 0.05) is 11.6 Å². The Balaban J connectivity index is 2.22. The molecule has 2 aromatic carbocycles. The fourth-order valence-corrected chi connectivity index (χ4v) is 2.03. The van der Waals surface area contributed by atoms with Crippen molar-refractivity contribution in [3.63, 3.8) is 0 Å². The van der Waals surface area contributed by atoms with Gasteiger partial charge in [0.1, 0.15) is 17.4 Å². The second-order valence-electron chi connectivity index (χ2n) is 3.98. The largest absolute Gasteiger partial charge is 0.435 e. The van der Waals surface area contributed by atoms with E-state index < -0.39 is 23.6 Å². The van der Waals surface area contributed by atoms with Crippen LogP contribution in [0.3, 0.4) is 0 Å². The van der Waals surface area contributed by atoms with Crippen molar-refractivity contribution < 1.29 is 22.3 Å². The van der Waals surface area contributed by atoms with Crippen LogP contribution in [0.4, 0.5) is 17.6 Å². The van der Waals surface area contributed by atoms with Crippen LogP contribution < -0.4 is 4.74 Å². The van der Waals surface area contributed by atoms with E-state index in [0.717, 1.165) is 12.1 Å². The van der Waals surface area contributed by atoms with Crippen molar-refractivity contribution in [3.05, 3.63) is 65.2 Å². The van der Waals surface area contributed by atoms with E-state index in [-0.39, 0.29) is 11.3 Å². The van der Waals surface area contributed by atoms with E-state index in [1.165, 1.54) is 30.3 Å². The number of halogens is 5. The molecule has 1 nitrogen and oxygen atoms in total. The molecule has 1 atom stereocenters. The Hall–Kier alpha value is -1.75. The number of hydrogen-bond donors (Lipinski definition) is 0. The van der Waals surface area contributed by atoms with Crippen LogP contribution in [-0.4, -0.2) is 6.61 Å². The average Bonchev–Trinajstić information content (AvgIpc) is 2.38. The number of alkyl halides is 3. The van der Waals surface area contributed by atoms with E-state index in [9.17, 15) is 17.6 Å². The van der Waals surface area contributed by atoms with E-state index in [2.05, 4.69) is 4.74 Å². The van der Waals surface area contributed by atoms with Crippen LogP contribution in [0.2, 0.25) is 0 Å². The minimum atomic E-state index is -2.91. The summed E-state index contributed by atoms with van der Waals surface area (Å²) in [4.78, 5) is 0. The van der Waals surface area contributed by atoms with Crippen molar-refractivity contribution in [2.75, 3.05) is 0 Å². The Morgan fingerprint density at radius 3 is 2.15 bits per heavy atom. The molecule has 0 aliphatic carbocycles. The molecule has 0 fully saturated rings. The maximum atomic E-state index is 13.6. The molecule has 0 saturated heterocycles. The SMILES string of the molecule is Fc1ccc(C(Cl)c2ccc(OC(F)F)cc2)c(F)c1. The van der Waals surface area contributed by atoms with E-state index in [1.807, 2.05) is 0 Å². The highest BCUT2D eigenvalue weighted by Crippen LogP contribution is 2.32. The second kappa shape index (κ2) is 6.13. The van der Waals surface area contributed by atoms with Crippen LogP contribution in [0.5, 0.6) is 5.75 Å². The van der Waals surface area contributed by atoms with Gasteiger partial charge in [-0.15, -0.1) is 11.6 Å². The van der Waals surface area contributed by atoms with Crippen LogP contribution in [0.25, 0.3) is 0 Å². The van der Waals surface area contributed by atoms with Crippen molar-refractivity contribution in [2.45, 2.75) is 12.0 Å². The van der Waals surface area contributed by atoms with Crippen molar-refractivity contribution in [2.24, 2.45) is 0 Å². The van der Waals surface area contributed by atoms with Crippen LogP contribution in [0.1, 0.15) is 16.5 Å². The summed E-state index contributed by atoms with van der Waals surface area (Å²) in [6, 6.07) is 8.57. The summed E-state index contributed by atoms with van der Waals surface area (Å²) in [5, 5.41) is -0.851. The van der Waals surface area contributed by atoms with Gasteiger partial charge in [0.2, 0.25) is 0 Å². The van der Waals surface area contributed by atoms with Crippen molar-refractivity contribution in [1.29, 1.82) is 0 Å². The summed E-state index contributed by atoms with van der Waals surface area (Å²) in [7, 11) is 0. The molecule has 6 heteroatoms. The third-order valence-corrected chi connectivity index (χ3v) is 3.12. The minimum Gasteiger partial charge on any atom is -0.435 e. The molecular weight excluding hydrogens is 296 g/mol. The summed E-state index contributed by atoms with van der Waals surface area (Å²) in [6.07, 6.45) is 0. The Labute approximate surface area is 117 Å². The molecule has 106 valence electrons. The van der Waals surface area contributed by atoms with Gasteiger partial charge in [-0.1, -0.05) is 18.2 Å². The zero-order chi connectivity index (χ0) is 14.7. The molecule has 0 N–H and O–H groups in total. The quantitative estimate of drug-likeness (QED) is 0.577. The first-order valence-corrected chi connectivity index (χ1v) is 6.05. The summed E-state index contributed by atoms with van der Waals surface area (Å²) >= 11 is 6.10. The van der Waals surface area contributed by atoms with Crippen LogP contribution in [0.15, 0.2) is 42.5 Å². The normalized spacial score (nSPS) is 12.5. The first kappa shape index (κ1) is 14.7. The van der Waals surface area contributed by atoms with E-state index in [0.29, 0.717) is 5.56 Å². The second-order valence-corrected chi connectivity index (χ2v) is 4.41. The lowest BCUT2D eigenvalue weighted by Crippen LogP contribution is -2.02. The minimum absolute atomic E-state index is 0.0211. The fourth-order valence-electron chi connectivity index (χ4n) is 1.70.